The second-order valence-corrected chi connectivity index (χ2v) is 5.08. The lowest BCUT2D eigenvalue weighted by Gasteiger charge is -2.16. The standard InChI is InChI=1S/C16H17ClN2O2/c1-10(12-5-3-4-6-14(12)17)19-16(20)13-8-7-11(21-2)9-15(13)18/h3-10H,18H2,1-2H3,(H,19,20). The number of carbonyl (C=O) groups is 1. The number of rotatable bonds is 4. The van der Waals surface area contributed by atoms with Crippen LogP contribution in [0.25, 0.3) is 0 Å². The molecule has 0 aromatic heterocycles. The van der Waals surface area contributed by atoms with E-state index in [1.54, 1.807) is 31.4 Å². The van der Waals surface area contributed by atoms with E-state index in [0.29, 0.717) is 22.0 Å². The highest BCUT2D eigenvalue weighted by Crippen LogP contribution is 2.24. The third kappa shape index (κ3) is 3.47. The number of methoxy groups -OCH3 is 1. The normalized spacial score (nSPS) is 11.8. The Hall–Kier alpha value is -2.20. The minimum atomic E-state index is -0.248. The summed E-state index contributed by atoms with van der Waals surface area (Å²) in [6, 6.07) is 12.1. The van der Waals surface area contributed by atoms with Crippen LogP contribution in [0.3, 0.4) is 0 Å². The number of benzene rings is 2. The number of ether oxygens (including phenoxy) is 1. The van der Waals surface area contributed by atoms with Crippen LogP contribution in [-0.2, 0) is 0 Å². The first-order valence-corrected chi connectivity index (χ1v) is 6.89. The van der Waals surface area contributed by atoms with Gasteiger partial charge in [-0.1, -0.05) is 29.8 Å². The Morgan fingerprint density at radius 3 is 2.62 bits per heavy atom. The fourth-order valence-electron chi connectivity index (χ4n) is 2.05. The molecule has 1 amide bonds. The molecule has 0 bridgehead atoms. The SMILES string of the molecule is COc1ccc(C(=O)NC(C)c2ccccc2Cl)c(N)c1. The summed E-state index contributed by atoms with van der Waals surface area (Å²) >= 11 is 6.13. The Bertz CT molecular complexity index is 658. The number of hydrogen-bond acceptors (Lipinski definition) is 3. The highest BCUT2D eigenvalue weighted by atomic mass is 35.5. The number of halogens is 1. The van der Waals surface area contributed by atoms with E-state index >= 15 is 0 Å². The van der Waals surface area contributed by atoms with E-state index < -0.39 is 0 Å². The maximum atomic E-state index is 12.3. The summed E-state index contributed by atoms with van der Waals surface area (Å²) in [5.41, 5.74) is 7.52. The number of nitrogens with one attached hydrogen (secondary N) is 1. The van der Waals surface area contributed by atoms with Gasteiger partial charge in [0.25, 0.3) is 5.91 Å². The van der Waals surface area contributed by atoms with Crippen molar-refractivity contribution in [3.63, 3.8) is 0 Å². The van der Waals surface area contributed by atoms with E-state index in [4.69, 9.17) is 22.1 Å². The number of amides is 1. The Kier molecular flexibility index (Phi) is 4.70. The average Bonchev–Trinajstić information content (AvgIpc) is 2.47. The summed E-state index contributed by atoms with van der Waals surface area (Å²) in [5.74, 6) is 0.366. The zero-order valence-corrected chi connectivity index (χ0v) is 12.6. The van der Waals surface area contributed by atoms with Gasteiger partial charge in [-0.2, -0.15) is 0 Å². The summed E-state index contributed by atoms with van der Waals surface area (Å²) < 4.78 is 5.07. The van der Waals surface area contributed by atoms with Gasteiger partial charge in [-0.05, 0) is 30.7 Å². The quantitative estimate of drug-likeness (QED) is 0.851. The van der Waals surface area contributed by atoms with Crippen LogP contribution in [0.2, 0.25) is 5.02 Å². The van der Waals surface area contributed by atoms with Crippen molar-refractivity contribution in [2.45, 2.75) is 13.0 Å². The van der Waals surface area contributed by atoms with Crippen molar-refractivity contribution in [2.24, 2.45) is 0 Å². The highest BCUT2D eigenvalue weighted by molar-refractivity contribution is 6.31. The predicted octanol–water partition coefficient (Wildman–Crippen LogP) is 3.42. The molecule has 0 spiro atoms. The number of anilines is 1. The van der Waals surface area contributed by atoms with Crippen LogP contribution in [0.4, 0.5) is 5.69 Å². The molecule has 4 nitrogen and oxygen atoms in total. The number of nitrogen functional groups attached to an aromatic ring is 1. The lowest BCUT2D eigenvalue weighted by molar-refractivity contribution is 0.0941. The number of hydrogen-bond donors (Lipinski definition) is 2. The van der Waals surface area contributed by atoms with Gasteiger partial charge in [0, 0.05) is 16.8 Å². The van der Waals surface area contributed by atoms with Crippen molar-refractivity contribution < 1.29 is 9.53 Å². The Morgan fingerprint density at radius 2 is 2.00 bits per heavy atom. The van der Waals surface area contributed by atoms with Gasteiger partial charge in [-0.25, -0.2) is 0 Å². The first kappa shape index (κ1) is 15.2. The van der Waals surface area contributed by atoms with Gasteiger partial charge >= 0.3 is 0 Å². The van der Waals surface area contributed by atoms with E-state index in [1.807, 2.05) is 25.1 Å². The summed E-state index contributed by atoms with van der Waals surface area (Å²) in [5, 5.41) is 3.51. The zero-order valence-electron chi connectivity index (χ0n) is 11.9. The molecule has 0 saturated carbocycles. The van der Waals surface area contributed by atoms with Crippen LogP contribution in [-0.4, -0.2) is 13.0 Å². The largest absolute Gasteiger partial charge is 0.497 e. The van der Waals surface area contributed by atoms with Crippen LogP contribution < -0.4 is 15.8 Å². The van der Waals surface area contributed by atoms with Crippen LogP contribution in [0.15, 0.2) is 42.5 Å². The molecule has 1 unspecified atom stereocenters. The predicted molar refractivity (Wildman–Crippen MR) is 84.7 cm³/mol. The van der Waals surface area contributed by atoms with Crippen LogP contribution in [0.1, 0.15) is 28.9 Å². The summed E-state index contributed by atoms with van der Waals surface area (Å²) in [6.07, 6.45) is 0. The van der Waals surface area contributed by atoms with E-state index in [9.17, 15) is 4.79 Å². The second-order valence-electron chi connectivity index (χ2n) is 4.67. The van der Waals surface area contributed by atoms with Crippen LogP contribution >= 0.6 is 11.6 Å². The van der Waals surface area contributed by atoms with E-state index in [-0.39, 0.29) is 11.9 Å². The van der Waals surface area contributed by atoms with Crippen LogP contribution in [0.5, 0.6) is 5.75 Å². The highest BCUT2D eigenvalue weighted by Gasteiger charge is 2.15. The molecular formula is C16H17ClN2O2. The molecule has 2 rings (SSSR count). The molecule has 1 atom stereocenters. The molecule has 0 aliphatic heterocycles. The fourth-order valence-corrected chi connectivity index (χ4v) is 2.35. The van der Waals surface area contributed by atoms with Crippen molar-refractivity contribution in [3.05, 3.63) is 58.6 Å². The molecule has 3 N–H and O–H groups in total. The average molecular weight is 305 g/mol. The molecule has 21 heavy (non-hydrogen) atoms. The molecule has 0 aliphatic rings. The molecule has 2 aromatic rings. The monoisotopic (exact) mass is 304 g/mol. The molecule has 0 saturated heterocycles. The van der Waals surface area contributed by atoms with Gasteiger partial charge in [0.15, 0.2) is 0 Å². The first-order chi connectivity index (χ1) is 10.0. The molecule has 0 radical (unpaired) electrons. The summed E-state index contributed by atoms with van der Waals surface area (Å²) in [7, 11) is 1.55. The minimum absolute atomic E-state index is 0.215. The molecule has 0 fully saturated rings. The van der Waals surface area contributed by atoms with Gasteiger partial charge in [-0.15, -0.1) is 0 Å². The Balaban J connectivity index is 2.16. The lowest BCUT2D eigenvalue weighted by Crippen LogP contribution is -2.27. The van der Waals surface area contributed by atoms with Crippen LogP contribution in [0, 0.1) is 0 Å². The number of carbonyl (C=O) groups excluding carboxylic acids is 1. The molecular weight excluding hydrogens is 288 g/mol. The molecule has 110 valence electrons. The molecule has 5 heteroatoms. The molecule has 0 aliphatic carbocycles. The van der Waals surface area contributed by atoms with Gasteiger partial charge in [0.2, 0.25) is 0 Å². The second kappa shape index (κ2) is 6.50. The van der Waals surface area contributed by atoms with E-state index in [0.717, 1.165) is 5.56 Å². The number of nitrogens with two attached hydrogens (primary N) is 1. The Labute approximate surface area is 128 Å². The minimum Gasteiger partial charge on any atom is -0.497 e. The van der Waals surface area contributed by atoms with Gasteiger partial charge in [0.05, 0.1) is 18.7 Å². The van der Waals surface area contributed by atoms with Gasteiger partial charge in [0.1, 0.15) is 5.75 Å². The van der Waals surface area contributed by atoms with Crippen molar-refractivity contribution in [1.29, 1.82) is 0 Å². The van der Waals surface area contributed by atoms with Gasteiger partial charge < -0.3 is 15.8 Å². The maximum absolute atomic E-state index is 12.3. The topological polar surface area (TPSA) is 64.3 Å². The third-order valence-electron chi connectivity index (χ3n) is 3.22. The first-order valence-electron chi connectivity index (χ1n) is 6.51. The summed E-state index contributed by atoms with van der Waals surface area (Å²) in [4.78, 5) is 12.3. The van der Waals surface area contributed by atoms with Crippen molar-refractivity contribution in [3.8, 4) is 5.75 Å². The van der Waals surface area contributed by atoms with E-state index in [1.165, 1.54) is 0 Å². The zero-order chi connectivity index (χ0) is 15.4. The molecule has 2 aromatic carbocycles. The smallest absolute Gasteiger partial charge is 0.253 e. The lowest BCUT2D eigenvalue weighted by atomic mass is 10.1. The van der Waals surface area contributed by atoms with E-state index in [2.05, 4.69) is 5.32 Å². The molecule has 0 heterocycles. The van der Waals surface area contributed by atoms with Crippen molar-refractivity contribution >= 4 is 23.2 Å². The van der Waals surface area contributed by atoms with Crippen molar-refractivity contribution in [2.75, 3.05) is 12.8 Å². The summed E-state index contributed by atoms with van der Waals surface area (Å²) in [6.45, 7) is 1.87. The fraction of sp³-hybridized carbons (Fsp3) is 0.188. The third-order valence-corrected chi connectivity index (χ3v) is 3.57. The Morgan fingerprint density at radius 1 is 1.29 bits per heavy atom. The van der Waals surface area contributed by atoms with Crippen molar-refractivity contribution in [1.82, 2.24) is 5.32 Å². The van der Waals surface area contributed by atoms with Gasteiger partial charge in [-0.3, -0.25) is 4.79 Å². The maximum Gasteiger partial charge on any atom is 0.253 e.